The zero-order valence-electron chi connectivity index (χ0n) is 20.3. The van der Waals surface area contributed by atoms with Crippen LogP contribution in [-0.4, -0.2) is 11.1 Å². The standard InChI is InChI=1S/C28H46O2/c1-18(2)9-8-10-19(3)22-12-13-24-20-17-21(26(29)30)23-11-6-7-15-27(23,4)25(20)14-16-28(22,24)5/h14,18-24H,6-13,15-17H2,1-5H3,(H,29,30)/t19-,20+,21?,22-,23?,24+,27+,28-/m1/s1. The van der Waals surface area contributed by atoms with Crippen molar-refractivity contribution in [1.82, 2.24) is 0 Å². The van der Waals surface area contributed by atoms with Crippen molar-refractivity contribution in [3.8, 4) is 0 Å². The highest BCUT2D eigenvalue weighted by Crippen LogP contribution is 2.67. The number of rotatable bonds is 6. The van der Waals surface area contributed by atoms with Gasteiger partial charge < -0.3 is 5.11 Å². The SMILES string of the molecule is CC(C)CCC[C@@H](C)[C@H]1CC[C@H]2[C@@H]3CC(C(=O)O)C4CCCC[C@]4(C)C3=CC[C@]12C. The molecule has 0 spiro atoms. The summed E-state index contributed by atoms with van der Waals surface area (Å²) in [7, 11) is 0. The average Bonchev–Trinajstić information content (AvgIpc) is 3.03. The number of allylic oxidation sites excluding steroid dienone is 2. The molecule has 2 nitrogen and oxygen atoms in total. The van der Waals surface area contributed by atoms with E-state index in [0.717, 1.165) is 30.6 Å². The van der Waals surface area contributed by atoms with Crippen LogP contribution in [0.1, 0.15) is 105 Å². The van der Waals surface area contributed by atoms with E-state index in [9.17, 15) is 9.90 Å². The number of hydrogen-bond donors (Lipinski definition) is 1. The van der Waals surface area contributed by atoms with Gasteiger partial charge >= 0.3 is 5.97 Å². The minimum atomic E-state index is -0.518. The lowest BCUT2D eigenvalue weighted by Gasteiger charge is -2.58. The molecule has 2 unspecified atom stereocenters. The molecule has 3 saturated carbocycles. The van der Waals surface area contributed by atoms with Gasteiger partial charge in [-0.05, 0) is 84.9 Å². The molecule has 8 atom stereocenters. The van der Waals surface area contributed by atoms with Gasteiger partial charge in [-0.25, -0.2) is 0 Å². The number of fused-ring (bicyclic) bond motifs is 5. The second kappa shape index (κ2) is 8.28. The molecule has 4 aliphatic rings. The van der Waals surface area contributed by atoms with Crippen molar-refractivity contribution in [2.24, 2.45) is 52.3 Å². The van der Waals surface area contributed by atoms with Crippen molar-refractivity contribution < 1.29 is 9.90 Å². The van der Waals surface area contributed by atoms with Crippen LogP contribution in [0.2, 0.25) is 0 Å². The first kappa shape index (κ1) is 22.4. The van der Waals surface area contributed by atoms with E-state index in [1.807, 2.05) is 0 Å². The fraction of sp³-hybridized carbons (Fsp3) is 0.893. The van der Waals surface area contributed by atoms with Crippen LogP contribution in [0.3, 0.4) is 0 Å². The van der Waals surface area contributed by atoms with Gasteiger partial charge in [-0.3, -0.25) is 4.79 Å². The zero-order chi connectivity index (χ0) is 21.7. The molecule has 0 amide bonds. The Kier molecular flexibility index (Phi) is 6.19. The van der Waals surface area contributed by atoms with E-state index in [-0.39, 0.29) is 11.3 Å². The Morgan fingerprint density at radius 2 is 1.87 bits per heavy atom. The molecule has 2 heteroatoms. The van der Waals surface area contributed by atoms with Gasteiger partial charge in [0.1, 0.15) is 0 Å². The van der Waals surface area contributed by atoms with Crippen LogP contribution in [0.5, 0.6) is 0 Å². The third kappa shape index (κ3) is 3.58. The Bertz CT molecular complexity index is 678. The van der Waals surface area contributed by atoms with Crippen LogP contribution in [0, 0.1) is 52.3 Å². The summed E-state index contributed by atoms with van der Waals surface area (Å²) in [5, 5.41) is 10.1. The molecule has 30 heavy (non-hydrogen) atoms. The maximum absolute atomic E-state index is 12.3. The Hall–Kier alpha value is -0.790. The van der Waals surface area contributed by atoms with E-state index in [0.29, 0.717) is 23.2 Å². The lowest BCUT2D eigenvalue weighted by Crippen LogP contribution is -2.52. The average molecular weight is 415 g/mol. The number of carboxylic acids is 1. The topological polar surface area (TPSA) is 37.3 Å². The monoisotopic (exact) mass is 414 g/mol. The van der Waals surface area contributed by atoms with Crippen LogP contribution in [0.4, 0.5) is 0 Å². The molecule has 170 valence electrons. The maximum atomic E-state index is 12.3. The van der Waals surface area contributed by atoms with Crippen molar-refractivity contribution in [3.05, 3.63) is 11.6 Å². The Morgan fingerprint density at radius 1 is 1.10 bits per heavy atom. The minimum Gasteiger partial charge on any atom is -0.481 e. The van der Waals surface area contributed by atoms with Crippen molar-refractivity contribution in [1.29, 1.82) is 0 Å². The molecule has 0 bridgehead atoms. The number of hydrogen-bond acceptors (Lipinski definition) is 1. The molecule has 1 N–H and O–H groups in total. The van der Waals surface area contributed by atoms with Gasteiger partial charge in [0.25, 0.3) is 0 Å². The highest BCUT2D eigenvalue weighted by molar-refractivity contribution is 5.71. The molecule has 4 rings (SSSR count). The summed E-state index contributed by atoms with van der Waals surface area (Å²) in [5.74, 6) is 3.37. The fourth-order valence-electron chi connectivity index (χ4n) is 8.96. The summed E-state index contributed by atoms with van der Waals surface area (Å²) in [6.45, 7) is 12.2. The molecule has 0 aromatic heterocycles. The lowest BCUT2D eigenvalue weighted by molar-refractivity contribution is -0.150. The van der Waals surface area contributed by atoms with E-state index in [1.54, 1.807) is 5.57 Å². The van der Waals surface area contributed by atoms with Gasteiger partial charge in [0.2, 0.25) is 0 Å². The van der Waals surface area contributed by atoms with Crippen LogP contribution < -0.4 is 0 Å². The van der Waals surface area contributed by atoms with Gasteiger partial charge in [0.15, 0.2) is 0 Å². The van der Waals surface area contributed by atoms with Gasteiger partial charge in [-0.2, -0.15) is 0 Å². The Labute approximate surface area is 185 Å². The molecule has 0 saturated heterocycles. The minimum absolute atomic E-state index is 0.123. The fourth-order valence-corrected chi connectivity index (χ4v) is 8.96. The van der Waals surface area contributed by atoms with Crippen molar-refractivity contribution in [3.63, 3.8) is 0 Å². The first-order valence-corrected chi connectivity index (χ1v) is 13.1. The van der Waals surface area contributed by atoms with Crippen molar-refractivity contribution in [2.45, 2.75) is 105 Å². The van der Waals surface area contributed by atoms with E-state index >= 15 is 0 Å². The first-order chi connectivity index (χ1) is 14.2. The second-order valence-corrected chi connectivity index (χ2v) is 12.5. The van der Waals surface area contributed by atoms with E-state index in [2.05, 4.69) is 40.7 Å². The zero-order valence-corrected chi connectivity index (χ0v) is 20.3. The highest BCUT2D eigenvalue weighted by Gasteiger charge is 2.60. The van der Waals surface area contributed by atoms with Gasteiger partial charge in [0.05, 0.1) is 5.92 Å². The molecule has 3 fully saturated rings. The molecular weight excluding hydrogens is 368 g/mol. The Balaban J connectivity index is 1.59. The van der Waals surface area contributed by atoms with E-state index < -0.39 is 5.97 Å². The number of carbonyl (C=O) groups is 1. The lowest BCUT2D eigenvalue weighted by atomic mass is 9.46. The summed E-state index contributed by atoms with van der Waals surface area (Å²) in [6.07, 6.45) is 16.4. The highest BCUT2D eigenvalue weighted by atomic mass is 16.4. The molecular formula is C28H46O2. The first-order valence-electron chi connectivity index (χ1n) is 13.1. The summed E-state index contributed by atoms with van der Waals surface area (Å²) < 4.78 is 0. The van der Waals surface area contributed by atoms with Crippen LogP contribution in [-0.2, 0) is 4.79 Å². The molecule has 0 radical (unpaired) electrons. The predicted octanol–water partition coefficient (Wildman–Crippen LogP) is 7.73. The normalized spacial score (nSPS) is 44.1. The van der Waals surface area contributed by atoms with Gasteiger partial charge in [0, 0.05) is 0 Å². The van der Waals surface area contributed by atoms with Gasteiger partial charge in [-0.15, -0.1) is 0 Å². The van der Waals surface area contributed by atoms with E-state index in [4.69, 9.17) is 0 Å². The quantitative estimate of drug-likeness (QED) is 0.451. The number of carboxylic acid groups (broad SMARTS) is 1. The van der Waals surface area contributed by atoms with Crippen LogP contribution in [0.25, 0.3) is 0 Å². The molecule has 0 aliphatic heterocycles. The molecule has 0 aromatic rings. The summed E-state index contributed by atoms with van der Waals surface area (Å²) in [6, 6.07) is 0. The van der Waals surface area contributed by atoms with Crippen LogP contribution in [0.15, 0.2) is 11.6 Å². The van der Waals surface area contributed by atoms with Gasteiger partial charge in [-0.1, -0.05) is 78.4 Å². The van der Waals surface area contributed by atoms with Crippen molar-refractivity contribution in [2.75, 3.05) is 0 Å². The molecule has 4 aliphatic carbocycles. The van der Waals surface area contributed by atoms with Crippen LogP contribution >= 0.6 is 0 Å². The summed E-state index contributed by atoms with van der Waals surface area (Å²) in [4.78, 5) is 12.3. The van der Waals surface area contributed by atoms with E-state index in [1.165, 1.54) is 57.8 Å². The third-order valence-electron chi connectivity index (χ3n) is 10.5. The maximum Gasteiger partial charge on any atom is 0.306 e. The van der Waals surface area contributed by atoms with Crippen molar-refractivity contribution >= 4 is 5.97 Å². The third-order valence-corrected chi connectivity index (χ3v) is 10.5. The molecule has 0 aromatic carbocycles. The largest absolute Gasteiger partial charge is 0.481 e. The summed E-state index contributed by atoms with van der Waals surface area (Å²) in [5.41, 5.74) is 2.22. The predicted molar refractivity (Wildman–Crippen MR) is 124 cm³/mol. The Morgan fingerprint density at radius 3 is 2.57 bits per heavy atom. The smallest absolute Gasteiger partial charge is 0.306 e. The molecule has 0 heterocycles. The summed E-state index contributed by atoms with van der Waals surface area (Å²) >= 11 is 0. The number of aliphatic carboxylic acids is 1. The second-order valence-electron chi connectivity index (χ2n) is 12.5.